The monoisotopic (exact) mass is 226 g/mol. The van der Waals surface area contributed by atoms with E-state index in [1.165, 1.54) is 0 Å². The average Bonchev–Trinajstić information content (AvgIpc) is 2.84. The van der Waals surface area contributed by atoms with Gasteiger partial charge in [-0.3, -0.25) is 9.59 Å². The number of aryl methyl sites for hydroxylation is 1. The van der Waals surface area contributed by atoms with Crippen LogP contribution in [0.1, 0.15) is 32.3 Å². The number of rotatable bonds is 1. The predicted octanol–water partition coefficient (Wildman–Crippen LogP) is 1.58. The van der Waals surface area contributed by atoms with Gasteiger partial charge in [-0.05, 0) is 0 Å². The zero-order valence-corrected chi connectivity index (χ0v) is 9.25. The first-order valence-electron chi connectivity index (χ1n) is 5.34. The second kappa shape index (κ2) is 3.38. The van der Waals surface area contributed by atoms with Crippen LogP contribution in [-0.2, 0) is 7.05 Å². The van der Waals surface area contributed by atoms with Crippen molar-refractivity contribution in [1.82, 2.24) is 9.55 Å². The first-order chi connectivity index (χ1) is 8.18. The third-order valence-corrected chi connectivity index (χ3v) is 3.00. The molecule has 0 bridgehead atoms. The molecule has 2 aromatic rings. The van der Waals surface area contributed by atoms with Crippen molar-refractivity contribution in [3.8, 4) is 0 Å². The van der Waals surface area contributed by atoms with Gasteiger partial charge in [0.25, 0.3) is 0 Å². The number of ketones is 2. The number of fused-ring (bicyclic) bond motifs is 1. The largest absolute Gasteiger partial charge is 0.340 e. The van der Waals surface area contributed by atoms with Crippen molar-refractivity contribution in [1.29, 1.82) is 0 Å². The number of carbonyl (C=O) groups is 2. The van der Waals surface area contributed by atoms with Gasteiger partial charge in [0.1, 0.15) is 5.92 Å². The van der Waals surface area contributed by atoms with E-state index in [2.05, 4.69) is 4.98 Å². The van der Waals surface area contributed by atoms with Gasteiger partial charge in [0, 0.05) is 24.4 Å². The Hall–Kier alpha value is -2.23. The number of hydrogen-bond donors (Lipinski definition) is 0. The SMILES string of the molecule is Cn1cnc(C2C(=O)c3ccccc3C2=O)c1. The molecular formula is C13H10N2O2. The van der Waals surface area contributed by atoms with Gasteiger partial charge in [-0.25, -0.2) is 4.98 Å². The Kier molecular flexibility index (Phi) is 1.98. The van der Waals surface area contributed by atoms with Crippen molar-refractivity contribution >= 4 is 11.6 Å². The minimum absolute atomic E-state index is 0.149. The summed E-state index contributed by atoms with van der Waals surface area (Å²) in [5, 5.41) is 0. The molecule has 0 N–H and O–H groups in total. The van der Waals surface area contributed by atoms with Gasteiger partial charge in [-0.2, -0.15) is 0 Å². The van der Waals surface area contributed by atoms with Gasteiger partial charge in [-0.1, -0.05) is 24.3 Å². The summed E-state index contributed by atoms with van der Waals surface area (Å²) in [7, 11) is 1.81. The number of aromatic nitrogens is 2. The Balaban J connectivity index is 2.12. The molecule has 4 heteroatoms. The first kappa shape index (κ1) is 9.96. The van der Waals surface area contributed by atoms with Crippen molar-refractivity contribution in [3.63, 3.8) is 0 Å². The van der Waals surface area contributed by atoms with Crippen LogP contribution >= 0.6 is 0 Å². The van der Waals surface area contributed by atoms with Crippen LogP contribution in [0.15, 0.2) is 36.8 Å². The first-order valence-corrected chi connectivity index (χ1v) is 5.34. The third kappa shape index (κ3) is 1.34. The normalized spacial score (nSPS) is 15.4. The number of benzene rings is 1. The van der Waals surface area contributed by atoms with E-state index < -0.39 is 5.92 Å². The maximum atomic E-state index is 12.1. The second-order valence-electron chi connectivity index (χ2n) is 4.17. The Morgan fingerprint density at radius 1 is 1.12 bits per heavy atom. The molecule has 0 fully saturated rings. The van der Waals surface area contributed by atoms with Crippen LogP contribution in [0, 0.1) is 0 Å². The lowest BCUT2D eigenvalue weighted by molar-refractivity contribution is 0.0888. The molecule has 0 amide bonds. The molecule has 1 aromatic carbocycles. The summed E-state index contributed by atoms with van der Waals surface area (Å²) >= 11 is 0. The van der Waals surface area contributed by atoms with E-state index in [0.29, 0.717) is 16.8 Å². The number of hydrogen-bond acceptors (Lipinski definition) is 3. The average molecular weight is 226 g/mol. The van der Waals surface area contributed by atoms with Crippen molar-refractivity contribution in [2.45, 2.75) is 5.92 Å². The highest BCUT2D eigenvalue weighted by Gasteiger charge is 2.40. The third-order valence-electron chi connectivity index (χ3n) is 3.00. The summed E-state index contributed by atoms with van der Waals surface area (Å²) in [6.07, 6.45) is 3.31. The van der Waals surface area contributed by atoms with Crippen molar-refractivity contribution in [2.75, 3.05) is 0 Å². The summed E-state index contributed by atoms with van der Waals surface area (Å²) in [5.74, 6) is -1.05. The fourth-order valence-corrected chi connectivity index (χ4v) is 2.19. The van der Waals surface area contributed by atoms with Gasteiger partial charge in [0.05, 0.1) is 12.0 Å². The van der Waals surface area contributed by atoms with Gasteiger partial charge in [-0.15, -0.1) is 0 Å². The van der Waals surface area contributed by atoms with Crippen LogP contribution < -0.4 is 0 Å². The lowest BCUT2D eigenvalue weighted by atomic mass is 10.0. The molecular weight excluding hydrogens is 216 g/mol. The molecule has 1 aliphatic carbocycles. The number of nitrogens with zero attached hydrogens (tertiary/aromatic N) is 2. The van der Waals surface area contributed by atoms with E-state index in [1.807, 2.05) is 7.05 Å². The van der Waals surface area contributed by atoms with E-state index in [9.17, 15) is 9.59 Å². The van der Waals surface area contributed by atoms with Crippen LogP contribution in [0.3, 0.4) is 0 Å². The highest BCUT2D eigenvalue weighted by Crippen LogP contribution is 2.32. The molecule has 1 heterocycles. The zero-order valence-electron chi connectivity index (χ0n) is 9.25. The van der Waals surface area contributed by atoms with E-state index in [0.717, 1.165) is 0 Å². The molecule has 3 rings (SSSR count). The Bertz CT molecular complexity index is 593. The second-order valence-corrected chi connectivity index (χ2v) is 4.17. The van der Waals surface area contributed by atoms with Crippen LogP contribution in [0.4, 0.5) is 0 Å². The summed E-state index contributed by atoms with van der Waals surface area (Å²) in [6, 6.07) is 6.92. The number of carbonyl (C=O) groups excluding carboxylic acids is 2. The van der Waals surface area contributed by atoms with E-state index >= 15 is 0 Å². The quantitative estimate of drug-likeness (QED) is 0.694. The topological polar surface area (TPSA) is 52.0 Å². The highest BCUT2D eigenvalue weighted by molar-refractivity contribution is 6.29. The minimum atomic E-state index is -0.756. The maximum absolute atomic E-state index is 12.1. The van der Waals surface area contributed by atoms with Crippen LogP contribution in [-0.4, -0.2) is 21.1 Å². The molecule has 0 unspecified atom stereocenters. The molecule has 17 heavy (non-hydrogen) atoms. The molecule has 0 spiro atoms. The van der Waals surface area contributed by atoms with Crippen molar-refractivity contribution in [2.24, 2.45) is 7.05 Å². The Morgan fingerprint density at radius 2 is 1.71 bits per heavy atom. The molecule has 4 nitrogen and oxygen atoms in total. The van der Waals surface area contributed by atoms with Gasteiger partial charge < -0.3 is 4.57 Å². The summed E-state index contributed by atoms with van der Waals surface area (Å²) < 4.78 is 1.74. The molecule has 0 atom stereocenters. The zero-order chi connectivity index (χ0) is 12.0. The van der Waals surface area contributed by atoms with E-state index in [1.54, 1.807) is 41.4 Å². The van der Waals surface area contributed by atoms with Crippen LogP contribution in [0.2, 0.25) is 0 Å². The van der Waals surface area contributed by atoms with Crippen molar-refractivity contribution < 1.29 is 9.59 Å². The van der Waals surface area contributed by atoms with Crippen LogP contribution in [0.25, 0.3) is 0 Å². The fourth-order valence-electron chi connectivity index (χ4n) is 2.19. The molecule has 0 saturated carbocycles. The van der Waals surface area contributed by atoms with Crippen molar-refractivity contribution in [3.05, 3.63) is 53.6 Å². The Labute approximate surface area is 97.9 Å². The molecule has 0 saturated heterocycles. The Morgan fingerprint density at radius 3 is 2.18 bits per heavy atom. The van der Waals surface area contributed by atoms with Gasteiger partial charge in [0.15, 0.2) is 11.6 Å². The number of imidazole rings is 1. The standard InChI is InChI=1S/C13H10N2O2/c1-15-6-10(14-7-15)11-12(16)8-4-2-3-5-9(8)13(11)17/h2-7,11H,1H3. The fraction of sp³-hybridized carbons (Fsp3) is 0.154. The highest BCUT2D eigenvalue weighted by atomic mass is 16.2. The van der Waals surface area contributed by atoms with E-state index in [4.69, 9.17) is 0 Å². The van der Waals surface area contributed by atoms with Gasteiger partial charge in [0.2, 0.25) is 0 Å². The summed E-state index contributed by atoms with van der Waals surface area (Å²) in [4.78, 5) is 28.4. The van der Waals surface area contributed by atoms with Crippen LogP contribution in [0.5, 0.6) is 0 Å². The molecule has 1 aromatic heterocycles. The maximum Gasteiger partial charge on any atom is 0.180 e. The minimum Gasteiger partial charge on any atom is -0.340 e. The smallest absolute Gasteiger partial charge is 0.180 e. The summed E-state index contributed by atoms with van der Waals surface area (Å²) in [5.41, 5.74) is 1.54. The molecule has 1 aliphatic rings. The lowest BCUT2D eigenvalue weighted by Crippen LogP contribution is -2.13. The molecule has 84 valence electrons. The predicted molar refractivity (Wildman–Crippen MR) is 61.1 cm³/mol. The number of Topliss-reactive ketones (excluding diaryl/α,β-unsaturated/α-hetero) is 2. The summed E-state index contributed by atoms with van der Waals surface area (Å²) in [6.45, 7) is 0. The lowest BCUT2D eigenvalue weighted by Gasteiger charge is -2.01. The molecule has 0 aliphatic heterocycles. The van der Waals surface area contributed by atoms with E-state index in [-0.39, 0.29) is 11.6 Å². The molecule has 0 radical (unpaired) electrons. The van der Waals surface area contributed by atoms with Gasteiger partial charge >= 0.3 is 0 Å².